The highest BCUT2D eigenvalue weighted by Crippen LogP contribution is 2.19. The van der Waals surface area contributed by atoms with Crippen LogP contribution in [0.5, 0.6) is 5.88 Å². The zero-order valence-corrected chi connectivity index (χ0v) is 13.0. The number of hydrogen-bond donors (Lipinski definition) is 0. The number of likely N-dealkylation sites (tertiary alicyclic amines) is 1. The van der Waals surface area contributed by atoms with Gasteiger partial charge in [0.25, 0.3) is 5.91 Å². The van der Waals surface area contributed by atoms with E-state index in [-0.39, 0.29) is 12.0 Å². The number of ether oxygens (including phenoxy) is 1. The van der Waals surface area contributed by atoms with E-state index in [0.717, 1.165) is 29.7 Å². The Morgan fingerprint density at radius 2 is 2.09 bits per heavy atom. The average Bonchev–Trinajstić information content (AvgIpc) is 2.97. The molecule has 0 saturated carbocycles. The molecule has 3 rings (SSSR count). The van der Waals surface area contributed by atoms with Crippen LogP contribution in [-0.2, 0) is 0 Å². The Labute approximate surface area is 130 Å². The Morgan fingerprint density at radius 3 is 2.82 bits per heavy atom. The number of carbonyl (C=O) groups is 1. The molecule has 0 radical (unpaired) electrons. The molecular weight excluding hydrogens is 276 g/mol. The second kappa shape index (κ2) is 6.18. The quantitative estimate of drug-likeness (QED) is 0.874. The summed E-state index contributed by atoms with van der Waals surface area (Å²) in [6.45, 7) is 5.33. The van der Waals surface area contributed by atoms with Crippen molar-refractivity contribution in [2.45, 2.75) is 26.4 Å². The summed E-state index contributed by atoms with van der Waals surface area (Å²) >= 11 is 0. The first-order valence-corrected chi connectivity index (χ1v) is 7.57. The summed E-state index contributed by atoms with van der Waals surface area (Å²) in [6.07, 6.45) is 2.65. The van der Waals surface area contributed by atoms with Crippen molar-refractivity contribution in [2.24, 2.45) is 0 Å². The van der Waals surface area contributed by atoms with Gasteiger partial charge < -0.3 is 9.64 Å². The first kappa shape index (κ1) is 14.6. The van der Waals surface area contributed by atoms with Crippen molar-refractivity contribution in [1.82, 2.24) is 9.88 Å². The third-order valence-electron chi connectivity index (χ3n) is 3.87. The molecule has 1 fully saturated rings. The van der Waals surface area contributed by atoms with Gasteiger partial charge in [-0.3, -0.25) is 4.79 Å². The largest absolute Gasteiger partial charge is 0.472 e. The van der Waals surface area contributed by atoms with Gasteiger partial charge in [-0.05, 0) is 31.5 Å². The van der Waals surface area contributed by atoms with E-state index in [9.17, 15) is 4.79 Å². The molecule has 1 unspecified atom stereocenters. The fourth-order valence-corrected chi connectivity index (χ4v) is 2.66. The number of pyridine rings is 1. The number of carbonyl (C=O) groups excluding carboxylic acids is 1. The average molecular weight is 296 g/mol. The minimum Gasteiger partial charge on any atom is -0.472 e. The van der Waals surface area contributed by atoms with Crippen LogP contribution in [0.15, 0.2) is 42.6 Å². The number of amides is 1. The van der Waals surface area contributed by atoms with Gasteiger partial charge in [0.05, 0.1) is 6.54 Å². The summed E-state index contributed by atoms with van der Waals surface area (Å²) in [4.78, 5) is 18.6. The molecule has 0 bridgehead atoms. The molecule has 22 heavy (non-hydrogen) atoms. The van der Waals surface area contributed by atoms with E-state index in [2.05, 4.69) is 4.98 Å². The van der Waals surface area contributed by atoms with Gasteiger partial charge in [-0.1, -0.05) is 23.8 Å². The Balaban J connectivity index is 1.62. The molecule has 2 heterocycles. The van der Waals surface area contributed by atoms with Gasteiger partial charge in [-0.25, -0.2) is 4.98 Å². The Kier molecular flexibility index (Phi) is 4.09. The fraction of sp³-hybridized carbons (Fsp3) is 0.333. The normalized spacial score (nSPS) is 17.5. The Bertz CT molecular complexity index is 667. The highest BCUT2D eigenvalue weighted by Gasteiger charge is 2.28. The lowest BCUT2D eigenvalue weighted by Gasteiger charge is -2.17. The third-order valence-corrected chi connectivity index (χ3v) is 3.87. The van der Waals surface area contributed by atoms with E-state index in [1.54, 1.807) is 6.20 Å². The summed E-state index contributed by atoms with van der Waals surface area (Å²) in [5, 5.41) is 0. The number of rotatable bonds is 3. The monoisotopic (exact) mass is 296 g/mol. The van der Waals surface area contributed by atoms with E-state index in [0.29, 0.717) is 12.4 Å². The van der Waals surface area contributed by atoms with Gasteiger partial charge in [0.1, 0.15) is 6.10 Å². The van der Waals surface area contributed by atoms with E-state index in [1.165, 1.54) is 0 Å². The van der Waals surface area contributed by atoms with Crippen LogP contribution in [0, 0.1) is 13.8 Å². The Morgan fingerprint density at radius 1 is 1.23 bits per heavy atom. The number of aryl methyl sites for hydroxylation is 2. The van der Waals surface area contributed by atoms with Crippen LogP contribution in [0.3, 0.4) is 0 Å². The predicted octanol–water partition coefficient (Wildman–Crippen LogP) is 2.99. The van der Waals surface area contributed by atoms with Crippen molar-refractivity contribution >= 4 is 5.91 Å². The molecular formula is C18H20N2O2. The zero-order valence-electron chi connectivity index (χ0n) is 13.0. The van der Waals surface area contributed by atoms with Gasteiger partial charge in [0.15, 0.2) is 0 Å². The van der Waals surface area contributed by atoms with Crippen LogP contribution < -0.4 is 4.74 Å². The van der Waals surface area contributed by atoms with Crippen LogP contribution in [0.25, 0.3) is 0 Å². The van der Waals surface area contributed by atoms with Crippen LogP contribution in [0.2, 0.25) is 0 Å². The zero-order chi connectivity index (χ0) is 15.5. The van der Waals surface area contributed by atoms with E-state index in [1.807, 2.05) is 55.1 Å². The van der Waals surface area contributed by atoms with E-state index in [4.69, 9.17) is 4.74 Å². The SMILES string of the molecule is Cc1ccc(OC2CCN(C(=O)c3cccc(C)c3)C2)nc1. The van der Waals surface area contributed by atoms with Crippen LogP contribution in [0.4, 0.5) is 0 Å². The van der Waals surface area contributed by atoms with Gasteiger partial charge >= 0.3 is 0 Å². The molecule has 114 valence electrons. The van der Waals surface area contributed by atoms with Crippen molar-refractivity contribution in [3.8, 4) is 5.88 Å². The molecule has 1 aromatic carbocycles. The predicted molar refractivity (Wildman–Crippen MR) is 85.1 cm³/mol. The Hall–Kier alpha value is -2.36. The highest BCUT2D eigenvalue weighted by molar-refractivity contribution is 5.94. The third kappa shape index (κ3) is 3.27. The molecule has 4 nitrogen and oxygen atoms in total. The summed E-state index contributed by atoms with van der Waals surface area (Å²) in [6, 6.07) is 11.6. The lowest BCUT2D eigenvalue weighted by molar-refractivity contribution is 0.0771. The molecule has 4 heteroatoms. The van der Waals surface area contributed by atoms with E-state index >= 15 is 0 Å². The van der Waals surface area contributed by atoms with Gasteiger partial charge in [0.2, 0.25) is 5.88 Å². The molecule has 1 saturated heterocycles. The molecule has 1 aromatic heterocycles. The van der Waals surface area contributed by atoms with Gasteiger partial charge in [0, 0.05) is 30.8 Å². The summed E-state index contributed by atoms with van der Waals surface area (Å²) < 4.78 is 5.87. The lowest BCUT2D eigenvalue weighted by atomic mass is 10.1. The van der Waals surface area contributed by atoms with Gasteiger partial charge in [-0.2, -0.15) is 0 Å². The summed E-state index contributed by atoms with van der Waals surface area (Å²) in [7, 11) is 0. The van der Waals surface area contributed by atoms with Gasteiger partial charge in [-0.15, -0.1) is 0 Å². The molecule has 0 N–H and O–H groups in total. The van der Waals surface area contributed by atoms with Crippen molar-refractivity contribution < 1.29 is 9.53 Å². The van der Waals surface area contributed by atoms with Crippen molar-refractivity contribution in [1.29, 1.82) is 0 Å². The van der Waals surface area contributed by atoms with E-state index < -0.39 is 0 Å². The van der Waals surface area contributed by atoms with Crippen LogP contribution >= 0.6 is 0 Å². The smallest absolute Gasteiger partial charge is 0.253 e. The number of nitrogens with zero attached hydrogens (tertiary/aromatic N) is 2. The molecule has 2 aromatic rings. The summed E-state index contributed by atoms with van der Waals surface area (Å²) in [5.74, 6) is 0.701. The van der Waals surface area contributed by atoms with Crippen molar-refractivity contribution in [3.05, 3.63) is 59.3 Å². The highest BCUT2D eigenvalue weighted by atomic mass is 16.5. The van der Waals surface area contributed by atoms with Crippen LogP contribution in [-0.4, -0.2) is 35.0 Å². The number of aromatic nitrogens is 1. The maximum absolute atomic E-state index is 12.5. The first-order chi connectivity index (χ1) is 10.6. The van der Waals surface area contributed by atoms with Crippen molar-refractivity contribution in [2.75, 3.05) is 13.1 Å². The number of hydrogen-bond acceptors (Lipinski definition) is 3. The number of benzene rings is 1. The minimum absolute atomic E-state index is 0.0176. The molecule has 0 aliphatic carbocycles. The standard InChI is InChI=1S/C18H20N2O2/c1-13-4-3-5-15(10-13)18(21)20-9-8-16(12-20)22-17-7-6-14(2)11-19-17/h3-7,10-11,16H,8-9,12H2,1-2H3. The first-order valence-electron chi connectivity index (χ1n) is 7.57. The topological polar surface area (TPSA) is 42.4 Å². The molecule has 1 atom stereocenters. The summed E-state index contributed by atoms with van der Waals surface area (Å²) in [5.41, 5.74) is 2.95. The molecule has 1 amide bonds. The van der Waals surface area contributed by atoms with Crippen LogP contribution in [0.1, 0.15) is 27.9 Å². The second-order valence-electron chi connectivity index (χ2n) is 5.82. The maximum atomic E-state index is 12.5. The fourth-order valence-electron chi connectivity index (χ4n) is 2.66. The van der Waals surface area contributed by atoms with Crippen molar-refractivity contribution in [3.63, 3.8) is 0 Å². The second-order valence-corrected chi connectivity index (χ2v) is 5.82. The molecule has 0 spiro atoms. The minimum atomic E-state index is 0.0176. The lowest BCUT2D eigenvalue weighted by Crippen LogP contribution is -2.31. The molecule has 1 aliphatic rings. The maximum Gasteiger partial charge on any atom is 0.253 e. The molecule has 1 aliphatic heterocycles.